The van der Waals surface area contributed by atoms with Crippen LogP contribution in [0.15, 0.2) is 24.3 Å². The molecule has 19 heavy (non-hydrogen) atoms. The smallest absolute Gasteiger partial charge is 0.284 e. The minimum atomic E-state index is -0.591. The van der Waals surface area contributed by atoms with Crippen molar-refractivity contribution in [2.75, 3.05) is 6.61 Å². The van der Waals surface area contributed by atoms with E-state index in [4.69, 9.17) is 9.57 Å². The Kier molecular flexibility index (Phi) is 5.36. The SMILES string of the molecule is CCONC(=O)C(C)Oc1ccc(C(C)(C)C)cc1. The summed E-state index contributed by atoms with van der Waals surface area (Å²) in [6.45, 7) is 10.4. The number of hydroxylamine groups is 1. The van der Waals surface area contributed by atoms with Gasteiger partial charge in [0.15, 0.2) is 6.10 Å². The van der Waals surface area contributed by atoms with E-state index in [-0.39, 0.29) is 11.3 Å². The first kappa shape index (κ1) is 15.5. The van der Waals surface area contributed by atoms with Gasteiger partial charge in [0.25, 0.3) is 5.91 Å². The molecule has 1 aromatic carbocycles. The predicted molar refractivity (Wildman–Crippen MR) is 75.0 cm³/mol. The Morgan fingerprint density at radius 3 is 2.32 bits per heavy atom. The predicted octanol–water partition coefficient (Wildman–Crippen LogP) is 2.82. The zero-order chi connectivity index (χ0) is 14.5. The fourth-order valence-electron chi connectivity index (χ4n) is 1.52. The maximum absolute atomic E-state index is 11.6. The summed E-state index contributed by atoms with van der Waals surface area (Å²) in [6, 6.07) is 7.79. The first-order chi connectivity index (χ1) is 8.84. The normalized spacial score (nSPS) is 12.9. The van der Waals surface area contributed by atoms with Crippen LogP contribution in [0.1, 0.15) is 40.2 Å². The first-order valence-electron chi connectivity index (χ1n) is 6.53. The van der Waals surface area contributed by atoms with Gasteiger partial charge >= 0.3 is 0 Å². The molecular formula is C15H23NO3. The summed E-state index contributed by atoms with van der Waals surface area (Å²) >= 11 is 0. The molecule has 0 spiro atoms. The molecule has 0 aromatic heterocycles. The Balaban J connectivity index is 2.60. The molecule has 0 radical (unpaired) electrons. The second kappa shape index (κ2) is 6.57. The van der Waals surface area contributed by atoms with Gasteiger partial charge in [0.2, 0.25) is 0 Å². The Morgan fingerprint density at radius 1 is 1.26 bits per heavy atom. The molecular weight excluding hydrogens is 242 g/mol. The monoisotopic (exact) mass is 265 g/mol. The fourth-order valence-corrected chi connectivity index (χ4v) is 1.52. The van der Waals surface area contributed by atoms with Gasteiger partial charge in [-0.05, 0) is 37.0 Å². The third-order valence-electron chi connectivity index (χ3n) is 2.72. The van der Waals surface area contributed by atoms with Gasteiger partial charge in [-0.2, -0.15) is 0 Å². The summed E-state index contributed by atoms with van der Waals surface area (Å²) < 4.78 is 5.55. The number of carbonyl (C=O) groups is 1. The molecule has 1 unspecified atom stereocenters. The molecule has 106 valence electrons. The van der Waals surface area contributed by atoms with Crippen molar-refractivity contribution >= 4 is 5.91 Å². The number of carbonyl (C=O) groups excluding carboxylic acids is 1. The van der Waals surface area contributed by atoms with E-state index in [1.165, 1.54) is 5.56 Å². The van der Waals surface area contributed by atoms with Crippen molar-refractivity contribution in [3.05, 3.63) is 29.8 Å². The van der Waals surface area contributed by atoms with Crippen LogP contribution in [0.2, 0.25) is 0 Å². The lowest BCUT2D eigenvalue weighted by molar-refractivity contribution is -0.139. The topological polar surface area (TPSA) is 47.6 Å². The number of benzene rings is 1. The Labute approximate surface area is 115 Å². The molecule has 0 saturated heterocycles. The molecule has 4 nitrogen and oxygen atoms in total. The Morgan fingerprint density at radius 2 is 1.84 bits per heavy atom. The highest BCUT2D eigenvalue weighted by molar-refractivity contribution is 5.79. The molecule has 1 atom stereocenters. The minimum absolute atomic E-state index is 0.108. The van der Waals surface area contributed by atoms with E-state index in [0.29, 0.717) is 12.4 Å². The number of rotatable bonds is 5. The van der Waals surface area contributed by atoms with E-state index in [1.54, 1.807) is 13.8 Å². The number of nitrogens with one attached hydrogen (secondary N) is 1. The lowest BCUT2D eigenvalue weighted by Gasteiger charge is -2.20. The van der Waals surface area contributed by atoms with Crippen molar-refractivity contribution in [1.82, 2.24) is 5.48 Å². The second-order valence-electron chi connectivity index (χ2n) is 5.43. The fraction of sp³-hybridized carbons (Fsp3) is 0.533. The van der Waals surface area contributed by atoms with Crippen LogP contribution in [-0.4, -0.2) is 18.6 Å². The van der Waals surface area contributed by atoms with Crippen molar-refractivity contribution in [3.63, 3.8) is 0 Å². The van der Waals surface area contributed by atoms with Gasteiger partial charge in [-0.3, -0.25) is 9.63 Å². The van der Waals surface area contributed by atoms with Gasteiger partial charge in [0, 0.05) is 0 Å². The summed E-state index contributed by atoms with van der Waals surface area (Å²) in [4.78, 5) is 16.4. The molecule has 1 amide bonds. The van der Waals surface area contributed by atoms with Gasteiger partial charge in [0.05, 0.1) is 6.61 Å². The highest BCUT2D eigenvalue weighted by Crippen LogP contribution is 2.24. The first-order valence-corrected chi connectivity index (χ1v) is 6.53. The zero-order valence-electron chi connectivity index (χ0n) is 12.3. The van der Waals surface area contributed by atoms with Crippen molar-refractivity contribution in [3.8, 4) is 5.75 Å². The quantitative estimate of drug-likeness (QED) is 0.833. The zero-order valence-corrected chi connectivity index (χ0v) is 12.3. The molecule has 1 N–H and O–H groups in total. The summed E-state index contributed by atoms with van der Waals surface area (Å²) in [7, 11) is 0. The van der Waals surface area contributed by atoms with Crippen LogP contribution in [0.4, 0.5) is 0 Å². The number of hydrogen-bond donors (Lipinski definition) is 1. The Hall–Kier alpha value is -1.55. The van der Waals surface area contributed by atoms with E-state index >= 15 is 0 Å². The molecule has 0 aliphatic carbocycles. The number of ether oxygens (including phenoxy) is 1. The van der Waals surface area contributed by atoms with Crippen molar-refractivity contribution in [1.29, 1.82) is 0 Å². The summed E-state index contributed by atoms with van der Waals surface area (Å²) in [5.74, 6) is 0.383. The van der Waals surface area contributed by atoms with Crippen LogP contribution < -0.4 is 10.2 Å². The highest BCUT2D eigenvalue weighted by Gasteiger charge is 2.16. The minimum Gasteiger partial charge on any atom is -0.481 e. The van der Waals surface area contributed by atoms with E-state index in [9.17, 15) is 4.79 Å². The van der Waals surface area contributed by atoms with Gasteiger partial charge < -0.3 is 4.74 Å². The van der Waals surface area contributed by atoms with Crippen molar-refractivity contribution in [2.24, 2.45) is 0 Å². The van der Waals surface area contributed by atoms with Gasteiger partial charge in [0.1, 0.15) is 5.75 Å². The van der Waals surface area contributed by atoms with Gasteiger partial charge in [-0.15, -0.1) is 0 Å². The third-order valence-corrected chi connectivity index (χ3v) is 2.72. The maximum atomic E-state index is 11.6. The van der Waals surface area contributed by atoms with Crippen LogP contribution in [0.25, 0.3) is 0 Å². The van der Waals surface area contributed by atoms with Gasteiger partial charge in [-0.1, -0.05) is 32.9 Å². The molecule has 0 heterocycles. The van der Waals surface area contributed by atoms with Crippen LogP contribution in [0.3, 0.4) is 0 Å². The third kappa shape index (κ3) is 4.91. The van der Waals surface area contributed by atoms with Crippen molar-refractivity contribution < 1.29 is 14.4 Å². The number of hydrogen-bond acceptors (Lipinski definition) is 3. The molecule has 0 aliphatic rings. The molecule has 0 fully saturated rings. The standard InChI is InChI=1S/C15H23NO3/c1-6-18-16-14(17)11(2)19-13-9-7-12(8-10-13)15(3,4)5/h7-11H,6H2,1-5H3,(H,16,17). The largest absolute Gasteiger partial charge is 0.481 e. The molecule has 0 bridgehead atoms. The van der Waals surface area contributed by atoms with Crippen LogP contribution >= 0.6 is 0 Å². The van der Waals surface area contributed by atoms with E-state index in [1.807, 2.05) is 24.3 Å². The average molecular weight is 265 g/mol. The second-order valence-corrected chi connectivity index (χ2v) is 5.43. The summed E-state index contributed by atoms with van der Waals surface area (Å²) in [5.41, 5.74) is 3.66. The van der Waals surface area contributed by atoms with Crippen LogP contribution in [0.5, 0.6) is 5.75 Å². The molecule has 4 heteroatoms. The molecule has 0 aliphatic heterocycles. The summed E-state index contributed by atoms with van der Waals surface area (Å²) in [6.07, 6.45) is -0.591. The van der Waals surface area contributed by atoms with Gasteiger partial charge in [-0.25, -0.2) is 5.48 Å². The van der Waals surface area contributed by atoms with Crippen molar-refractivity contribution in [2.45, 2.75) is 46.1 Å². The number of amides is 1. The van der Waals surface area contributed by atoms with Crippen LogP contribution in [-0.2, 0) is 15.0 Å². The van der Waals surface area contributed by atoms with E-state index in [0.717, 1.165) is 0 Å². The maximum Gasteiger partial charge on any atom is 0.284 e. The lowest BCUT2D eigenvalue weighted by atomic mass is 9.87. The van der Waals surface area contributed by atoms with E-state index < -0.39 is 6.10 Å². The summed E-state index contributed by atoms with van der Waals surface area (Å²) in [5, 5.41) is 0. The highest BCUT2D eigenvalue weighted by atomic mass is 16.7. The molecule has 1 rings (SSSR count). The lowest BCUT2D eigenvalue weighted by Crippen LogP contribution is -2.36. The Bertz CT molecular complexity index is 406. The van der Waals surface area contributed by atoms with Crippen LogP contribution in [0, 0.1) is 0 Å². The average Bonchev–Trinajstić information content (AvgIpc) is 2.35. The molecule has 1 aromatic rings. The van der Waals surface area contributed by atoms with E-state index in [2.05, 4.69) is 26.3 Å². The molecule has 0 saturated carbocycles.